The number of rotatable bonds is 4. The van der Waals surface area contributed by atoms with Crippen molar-refractivity contribution in [2.45, 2.75) is 96.7 Å². The fourth-order valence-corrected chi connectivity index (χ4v) is 7.88. The lowest BCUT2D eigenvalue weighted by molar-refractivity contribution is -0.349. The first-order chi connectivity index (χ1) is 18.8. The summed E-state index contributed by atoms with van der Waals surface area (Å²) in [7, 11) is 0. The van der Waals surface area contributed by atoms with Gasteiger partial charge in [0.25, 0.3) is 0 Å². The van der Waals surface area contributed by atoms with E-state index in [9.17, 15) is 19.2 Å². The van der Waals surface area contributed by atoms with Crippen molar-refractivity contribution in [3.05, 3.63) is 41.7 Å². The number of aromatic nitrogens is 1. The number of carbonyl (C=O) groups excluding carboxylic acids is 4. The number of hydrogen-bond acceptors (Lipinski definition) is 10. The fraction of sp³-hybridized carbons (Fsp3) is 0.633. The Balaban J connectivity index is 1.67. The first-order valence-electron chi connectivity index (χ1n) is 13.7. The van der Waals surface area contributed by atoms with Crippen LogP contribution in [0.5, 0.6) is 0 Å². The van der Waals surface area contributed by atoms with Crippen molar-refractivity contribution < 1.29 is 42.9 Å². The first kappa shape index (κ1) is 28.3. The largest absolute Gasteiger partial charge is 0.463 e. The molecule has 1 aromatic heterocycles. The fourth-order valence-electron chi connectivity index (χ4n) is 7.88. The number of fused-ring (bicyclic) bond motifs is 3. The Labute approximate surface area is 233 Å². The zero-order valence-corrected chi connectivity index (χ0v) is 23.9. The quantitative estimate of drug-likeness (QED) is 0.308. The second kappa shape index (κ2) is 9.68. The Hall–Kier alpha value is -3.27. The summed E-state index contributed by atoms with van der Waals surface area (Å²) in [6.07, 6.45) is 4.08. The van der Waals surface area contributed by atoms with Gasteiger partial charge < -0.3 is 23.7 Å². The summed E-state index contributed by atoms with van der Waals surface area (Å²) in [5.41, 5.74) is -2.49. The molecule has 216 valence electrons. The molecule has 1 aromatic rings. The molecule has 0 radical (unpaired) electrons. The SMILES string of the molecule is CC(=O)OC1C(OC(C)=O)[C@@]2(C)C(C)=CCC(OC(=O)c3cccnc3)[C@@H]2[C@@]2(C)CC[C@]3(COC(=O)C3)O[C@@]12C. The lowest BCUT2D eigenvalue weighted by atomic mass is 9.41. The highest BCUT2D eigenvalue weighted by atomic mass is 16.6. The highest BCUT2D eigenvalue weighted by Crippen LogP contribution is 2.68. The number of esters is 4. The minimum atomic E-state index is -1.23. The molecule has 2 aliphatic carbocycles. The van der Waals surface area contributed by atoms with E-state index in [1.165, 1.54) is 20.0 Å². The second-order valence-electron chi connectivity index (χ2n) is 12.3. The standard InChI is InChI=1S/C30H37NO9/c1-17-9-10-21(39-26(35)20-8-7-13-31-15-20)23-27(4)11-12-30(14-22(34)36-16-30)40-29(27,6)25(38-19(3)33)24(28(17,23)5)37-18(2)32/h7-9,13,15,21,23-25H,10-12,14,16H2,1-6H3/t21?,23-,24?,25?,27-,28+,29+,30+/m1/s1. The van der Waals surface area contributed by atoms with Crippen molar-refractivity contribution in [1.82, 2.24) is 4.98 Å². The highest BCUT2D eigenvalue weighted by Gasteiger charge is 2.76. The van der Waals surface area contributed by atoms with Crippen LogP contribution in [0.3, 0.4) is 0 Å². The van der Waals surface area contributed by atoms with Crippen LogP contribution < -0.4 is 0 Å². The molecule has 0 bridgehead atoms. The minimum absolute atomic E-state index is 0.0734. The van der Waals surface area contributed by atoms with Gasteiger partial charge in [-0.25, -0.2) is 4.79 Å². The molecular weight excluding hydrogens is 518 g/mol. The molecule has 1 spiro atoms. The van der Waals surface area contributed by atoms with Gasteiger partial charge in [-0.3, -0.25) is 19.4 Å². The molecule has 2 saturated heterocycles. The highest BCUT2D eigenvalue weighted by molar-refractivity contribution is 5.89. The predicted molar refractivity (Wildman–Crippen MR) is 140 cm³/mol. The van der Waals surface area contributed by atoms with E-state index in [4.69, 9.17) is 23.7 Å². The van der Waals surface area contributed by atoms with Gasteiger partial charge in [0.1, 0.15) is 23.9 Å². The van der Waals surface area contributed by atoms with Gasteiger partial charge in [-0.15, -0.1) is 0 Å². The molecule has 3 heterocycles. The summed E-state index contributed by atoms with van der Waals surface area (Å²) in [6.45, 7) is 10.6. The van der Waals surface area contributed by atoms with E-state index >= 15 is 0 Å². The monoisotopic (exact) mass is 555 g/mol. The Kier molecular flexibility index (Phi) is 6.84. The molecule has 3 unspecified atom stereocenters. The average molecular weight is 556 g/mol. The molecule has 8 atom stereocenters. The predicted octanol–water partition coefficient (Wildman–Crippen LogP) is 3.72. The van der Waals surface area contributed by atoms with Crippen LogP contribution in [-0.4, -0.2) is 65.0 Å². The number of hydrogen-bond donors (Lipinski definition) is 0. The van der Waals surface area contributed by atoms with Crippen molar-refractivity contribution in [2.75, 3.05) is 6.61 Å². The molecule has 1 saturated carbocycles. The second-order valence-corrected chi connectivity index (χ2v) is 12.3. The van der Waals surface area contributed by atoms with Crippen molar-refractivity contribution in [2.24, 2.45) is 16.7 Å². The third-order valence-corrected chi connectivity index (χ3v) is 9.99. The van der Waals surface area contributed by atoms with Gasteiger partial charge in [-0.2, -0.15) is 0 Å². The van der Waals surface area contributed by atoms with E-state index in [1.54, 1.807) is 18.3 Å². The minimum Gasteiger partial charge on any atom is -0.463 e. The molecule has 10 nitrogen and oxygen atoms in total. The lowest BCUT2D eigenvalue weighted by Gasteiger charge is -2.70. The summed E-state index contributed by atoms with van der Waals surface area (Å²) in [5.74, 6) is -2.35. The van der Waals surface area contributed by atoms with Crippen LogP contribution in [0.2, 0.25) is 0 Å². The average Bonchev–Trinajstić information content (AvgIpc) is 3.25. The van der Waals surface area contributed by atoms with Gasteiger partial charge in [-0.05, 0) is 38.8 Å². The van der Waals surface area contributed by atoms with Crippen LogP contribution in [0.15, 0.2) is 36.2 Å². The van der Waals surface area contributed by atoms with Crippen LogP contribution in [-0.2, 0) is 38.1 Å². The molecule has 3 fully saturated rings. The van der Waals surface area contributed by atoms with Crippen molar-refractivity contribution in [1.29, 1.82) is 0 Å². The third kappa shape index (κ3) is 4.22. The van der Waals surface area contributed by atoms with Crippen LogP contribution in [0.1, 0.15) is 77.6 Å². The summed E-state index contributed by atoms with van der Waals surface area (Å²) >= 11 is 0. The zero-order chi connectivity index (χ0) is 29.1. The number of pyridine rings is 1. The summed E-state index contributed by atoms with van der Waals surface area (Å²) in [5, 5.41) is 0. The summed E-state index contributed by atoms with van der Waals surface area (Å²) in [6, 6.07) is 3.32. The molecule has 0 amide bonds. The number of nitrogens with zero attached hydrogens (tertiary/aromatic N) is 1. The van der Waals surface area contributed by atoms with Gasteiger partial charge in [0.05, 0.1) is 12.0 Å². The first-order valence-corrected chi connectivity index (χ1v) is 13.7. The van der Waals surface area contributed by atoms with E-state index in [0.29, 0.717) is 24.8 Å². The van der Waals surface area contributed by atoms with Gasteiger partial charge in [0.2, 0.25) is 0 Å². The Morgan fingerprint density at radius 1 is 1.02 bits per heavy atom. The lowest BCUT2D eigenvalue weighted by Crippen LogP contribution is -2.78. The molecular formula is C30H37NO9. The normalized spacial score (nSPS) is 40.2. The Morgan fingerprint density at radius 2 is 1.73 bits per heavy atom. The molecule has 40 heavy (non-hydrogen) atoms. The van der Waals surface area contributed by atoms with Crippen LogP contribution in [0.4, 0.5) is 0 Å². The maximum atomic E-state index is 13.3. The maximum Gasteiger partial charge on any atom is 0.339 e. The van der Waals surface area contributed by atoms with Crippen LogP contribution in [0.25, 0.3) is 0 Å². The topological polar surface area (TPSA) is 127 Å². The van der Waals surface area contributed by atoms with Gasteiger partial charge in [-0.1, -0.05) is 25.5 Å². The molecule has 2 aliphatic heterocycles. The molecule has 0 N–H and O–H groups in total. The summed E-state index contributed by atoms with van der Waals surface area (Å²) < 4.78 is 30.5. The smallest absolute Gasteiger partial charge is 0.339 e. The Morgan fingerprint density at radius 3 is 2.33 bits per heavy atom. The molecule has 10 heteroatoms. The summed E-state index contributed by atoms with van der Waals surface area (Å²) in [4.78, 5) is 54.7. The zero-order valence-electron chi connectivity index (χ0n) is 23.9. The molecule has 4 aliphatic rings. The van der Waals surface area contributed by atoms with Gasteiger partial charge in [0, 0.05) is 49.4 Å². The van der Waals surface area contributed by atoms with Crippen molar-refractivity contribution in [3.63, 3.8) is 0 Å². The van der Waals surface area contributed by atoms with Gasteiger partial charge >= 0.3 is 23.9 Å². The molecule has 5 rings (SSSR count). The van der Waals surface area contributed by atoms with Crippen molar-refractivity contribution >= 4 is 23.9 Å². The van der Waals surface area contributed by atoms with E-state index in [0.717, 1.165) is 5.57 Å². The number of cyclic esters (lactones) is 1. The molecule has 0 aromatic carbocycles. The number of carbonyl (C=O) groups is 4. The van der Waals surface area contributed by atoms with E-state index in [-0.39, 0.29) is 19.0 Å². The number of ether oxygens (including phenoxy) is 5. The Bertz CT molecular complexity index is 1260. The van der Waals surface area contributed by atoms with Crippen LogP contribution >= 0.6 is 0 Å². The maximum absolute atomic E-state index is 13.3. The van der Waals surface area contributed by atoms with E-state index < -0.39 is 64.2 Å². The van der Waals surface area contributed by atoms with Crippen molar-refractivity contribution in [3.8, 4) is 0 Å². The third-order valence-electron chi connectivity index (χ3n) is 9.99. The van der Waals surface area contributed by atoms with Crippen LogP contribution in [0, 0.1) is 16.7 Å². The van der Waals surface area contributed by atoms with E-state index in [1.807, 2.05) is 26.8 Å². The van der Waals surface area contributed by atoms with E-state index in [2.05, 4.69) is 11.9 Å². The van der Waals surface area contributed by atoms with Gasteiger partial charge in [0.15, 0.2) is 12.2 Å².